The van der Waals surface area contributed by atoms with Gasteiger partial charge in [-0.05, 0) is 11.6 Å². The Labute approximate surface area is 129 Å². The van der Waals surface area contributed by atoms with Crippen LogP contribution in [0, 0.1) is 0 Å². The van der Waals surface area contributed by atoms with Crippen LogP contribution in [0.2, 0.25) is 0 Å². The summed E-state index contributed by atoms with van der Waals surface area (Å²) in [5.41, 5.74) is 6.85. The molecule has 2 heterocycles. The van der Waals surface area contributed by atoms with E-state index in [0.717, 1.165) is 12.1 Å². The van der Waals surface area contributed by atoms with Crippen LogP contribution < -0.4 is 11.1 Å². The van der Waals surface area contributed by atoms with E-state index in [9.17, 15) is 4.79 Å². The van der Waals surface area contributed by atoms with Gasteiger partial charge in [-0.3, -0.25) is 9.69 Å². The quantitative estimate of drug-likeness (QED) is 0.887. The van der Waals surface area contributed by atoms with E-state index in [-0.39, 0.29) is 11.9 Å². The Morgan fingerprint density at radius 1 is 1.27 bits per heavy atom. The first-order valence-corrected chi connectivity index (χ1v) is 7.35. The summed E-state index contributed by atoms with van der Waals surface area (Å²) in [6.07, 6.45) is 2.10. The lowest BCUT2D eigenvalue weighted by molar-refractivity contribution is -0.121. The zero-order chi connectivity index (χ0) is 15.4. The molecule has 1 amide bonds. The Balaban J connectivity index is 1.86. The maximum Gasteiger partial charge on any atom is 0.221 e. The van der Waals surface area contributed by atoms with Crippen molar-refractivity contribution in [3.63, 3.8) is 0 Å². The molecule has 3 rings (SSSR count). The highest BCUT2D eigenvalue weighted by atomic mass is 16.1. The van der Waals surface area contributed by atoms with Gasteiger partial charge in [-0.15, -0.1) is 0 Å². The number of amides is 1. The fourth-order valence-corrected chi connectivity index (χ4v) is 2.74. The fraction of sp³-hybridized carbons (Fsp3) is 0.312. The summed E-state index contributed by atoms with van der Waals surface area (Å²) in [5, 5.41) is 2.93. The maximum absolute atomic E-state index is 11.9. The van der Waals surface area contributed by atoms with E-state index in [4.69, 9.17) is 5.73 Å². The Kier molecular flexibility index (Phi) is 4.29. The minimum Gasteiger partial charge on any atom is -0.384 e. The lowest BCUT2D eigenvalue weighted by Gasteiger charge is -2.28. The molecule has 3 N–H and O–H groups in total. The number of anilines is 1. The Bertz CT molecular complexity index is 646. The van der Waals surface area contributed by atoms with Crippen molar-refractivity contribution in [1.29, 1.82) is 0 Å². The third-order valence-electron chi connectivity index (χ3n) is 3.80. The molecule has 0 bridgehead atoms. The van der Waals surface area contributed by atoms with Crippen LogP contribution in [0.4, 0.5) is 5.82 Å². The second kappa shape index (κ2) is 6.53. The number of carbonyl (C=O) groups is 1. The average Bonchev–Trinajstić information content (AvgIpc) is 2.70. The second-order valence-corrected chi connectivity index (χ2v) is 5.35. The van der Waals surface area contributed by atoms with Gasteiger partial charge in [0.25, 0.3) is 0 Å². The topological polar surface area (TPSA) is 84.1 Å². The standard InChI is InChI=1S/C16H19N5O/c17-14-6-7-18-15(20-14)11-21-9-8-19-16(22)10-13(21)12-4-2-1-3-5-12/h1-7,13H,8-11H2,(H,19,22)(H2,17,18,20). The zero-order valence-corrected chi connectivity index (χ0v) is 12.3. The third-order valence-corrected chi connectivity index (χ3v) is 3.80. The number of rotatable bonds is 3. The molecule has 114 valence electrons. The van der Waals surface area contributed by atoms with Gasteiger partial charge >= 0.3 is 0 Å². The number of nitrogen functional groups attached to an aromatic ring is 1. The number of nitrogens with one attached hydrogen (secondary N) is 1. The molecule has 1 atom stereocenters. The van der Waals surface area contributed by atoms with Crippen LogP contribution in [-0.2, 0) is 11.3 Å². The Hall–Kier alpha value is -2.47. The number of benzene rings is 1. The third kappa shape index (κ3) is 3.40. The van der Waals surface area contributed by atoms with E-state index < -0.39 is 0 Å². The van der Waals surface area contributed by atoms with E-state index in [1.165, 1.54) is 0 Å². The van der Waals surface area contributed by atoms with Crippen molar-refractivity contribution >= 4 is 11.7 Å². The highest BCUT2D eigenvalue weighted by molar-refractivity contribution is 5.77. The van der Waals surface area contributed by atoms with Crippen LogP contribution in [0.25, 0.3) is 0 Å². The number of hydrogen-bond donors (Lipinski definition) is 2. The van der Waals surface area contributed by atoms with Crippen molar-refractivity contribution in [2.75, 3.05) is 18.8 Å². The van der Waals surface area contributed by atoms with Crippen LogP contribution in [-0.4, -0.2) is 33.9 Å². The molecule has 22 heavy (non-hydrogen) atoms. The first kappa shape index (κ1) is 14.5. The van der Waals surface area contributed by atoms with Gasteiger partial charge in [-0.1, -0.05) is 30.3 Å². The second-order valence-electron chi connectivity index (χ2n) is 5.35. The highest BCUT2D eigenvalue weighted by Gasteiger charge is 2.26. The van der Waals surface area contributed by atoms with Gasteiger partial charge in [-0.2, -0.15) is 0 Å². The lowest BCUT2D eigenvalue weighted by Crippen LogP contribution is -2.31. The molecule has 1 saturated heterocycles. The van der Waals surface area contributed by atoms with Gasteiger partial charge in [0.1, 0.15) is 11.6 Å². The lowest BCUT2D eigenvalue weighted by atomic mass is 10.0. The van der Waals surface area contributed by atoms with Gasteiger partial charge in [0.2, 0.25) is 5.91 Å². The normalized spacial score (nSPS) is 19.5. The molecule has 2 aromatic rings. The number of hydrogen-bond acceptors (Lipinski definition) is 5. The van der Waals surface area contributed by atoms with Crippen LogP contribution >= 0.6 is 0 Å². The number of nitrogens with two attached hydrogens (primary N) is 1. The summed E-state index contributed by atoms with van der Waals surface area (Å²) in [7, 11) is 0. The van der Waals surface area contributed by atoms with Gasteiger partial charge in [0, 0.05) is 31.7 Å². The molecule has 1 unspecified atom stereocenters. The van der Waals surface area contributed by atoms with Crippen LogP contribution in [0.15, 0.2) is 42.6 Å². The van der Waals surface area contributed by atoms with E-state index in [1.807, 2.05) is 18.2 Å². The van der Waals surface area contributed by atoms with Crippen molar-refractivity contribution in [3.05, 3.63) is 54.0 Å². The monoisotopic (exact) mass is 297 g/mol. The molecule has 0 radical (unpaired) electrons. The van der Waals surface area contributed by atoms with Gasteiger partial charge in [0.15, 0.2) is 0 Å². The van der Waals surface area contributed by atoms with Crippen molar-refractivity contribution in [1.82, 2.24) is 20.2 Å². The molecule has 6 nitrogen and oxygen atoms in total. The molecule has 6 heteroatoms. The zero-order valence-electron chi connectivity index (χ0n) is 12.3. The summed E-state index contributed by atoms with van der Waals surface area (Å²) >= 11 is 0. The molecule has 1 aromatic heterocycles. The maximum atomic E-state index is 11.9. The van der Waals surface area contributed by atoms with E-state index in [0.29, 0.717) is 31.2 Å². The number of aromatic nitrogens is 2. The minimum absolute atomic E-state index is 0.0220. The molecule has 0 saturated carbocycles. The first-order chi connectivity index (χ1) is 10.7. The largest absolute Gasteiger partial charge is 0.384 e. The molecule has 1 aromatic carbocycles. The average molecular weight is 297 g/mol. The number of carbonyl (C=O) groups excluding carboxylic acids is 1. The molecule has 1 fully saturated rings. The summed E-state index contributed by atoms with van der Waals surface area (Å²) in [4.78, 5) is 22.7. The number of nitrogens with zero attached hydrogens (tertiary/aromatic N) is 3. The molecule has 0 spiro atoms. The van der Waals surface area contributed by atoms with Crippen molar-refractivity contribution in [2.24, 2.45) is 0 Å². The van der Waals surface area contributed by atoms with Gasteiger partial charge in [0.05, 0.1) is 6.54 Å². The van der Waals surface area contributed by atoms with E-state index in [1.54, 1.807) is 12.3 Å². The van der Waals surface area contributed by atoms with E-state index >= 15 is 0 Å². The summed E-state index contributed by atoms with van der Waals surface area (Å²) in [6, 6.07) is 11.8. The van der Waals surface area contributed by atoms with Gasteiger partial charge < -0.3 is 11.1 Å². The van der Waals surface area contributed by atoms with Crippen molar-refractivity contribution in [2.45, 2.75) is 19.0 Å². The SMILES string of the molecule is Nc1ccnc(CN2CCNC(=O)CC2c2ccccc2)n1. The van der Waals surface area contributed by atoms with Crippen LogP contribution in [0.5, 0.6) is 0 Å². The predicted octanol–water partition coefficient (Wildman–Crippen LogP) is 1.12. The fourth-order valence-electron chi connectivity index (χ4n) is 2.74. The summed E-state index contributed by atoms with van der Waals surface area (Å²) < 4.78 is 0. The summed E-state index contributed by atoms with van der Waals surface area (Å²) in [5.74, 6) is 1.21. The molecular weight excluding hydrogens is 278 g/mol. The molecule has 1 aliphatic rings. The van der Waals surface area contributed by atoms with Gasteiger partial charge in [-0.25, -0.2) is 9.97 Å². The van der Waals surface area contributed by atoms with Crippen LogP contribution in [0.1, 0.15) is 23.9 Å². The predicted molar refractivity (Wildman–Crippen MR) is 83.7 cm³/mol. The minimum atomic E-state index is 0.0220. The van der Waals surface area contributed by atoms with Crippen molar-refractivity contribution in [3.8, 4) is 0 Å². The van der Waals surface area contributed by atoms with Crippen LogP contribution in [0.3, 0.4) is 0 Å². The highest BCUT2D eigenvalue weighted by Crippen LogP contribution is 2.26. The Morgan fingerprint density at radius 3 is 2.86 bits per heavy atom. The van der Waals surface area contributed by atoms with E-state index in [2.05, 4.69) is 32.3 Å². The Morgan fingerprint density at radius 2 is 2.09 bits per heavy atom. The summed E-state index contributed by atoms with van der Waals surface area (Å²) in [6.45, 7) is 1.95. The molecular formula is C16H19N5O. The molecule has 1 aliphatic heterocycles. The first-order valence-electron chi connectivity index (χ1n) is 7.35. The van der Waals surface area contributed by atoms with Crippen molar-refractivity contribution < 1.29 is 4.79 Å². The smallest absolute Gasteiger partial charge is 0.221 e. The molecule has 0 aliphatic carbocycles.